The SMILES string of the molecule is C=Cc1cc(N2C(O)C(=O)N(Cc3ccccc3)C2S)ccc1-c1ccccc1. The van der Waals surface area contributed by atoms with Gasteiger partial charge in [0.05, 0.1) is 0 Å². The van der Waals surface area contributed by atoms with E-state index in [1.54, 1.807) is 15.9 Å². The summed E-state index contributed by atoms with van der Waals surface area (Å²) in [5.74, 6) is -0.360. The van der Waals surface area contributed by atoms with Gasteiger partial charge in [-0.1, -0.05) is 79.4 Å². The Labute approximate surface area is 176 Å². The zero-order valence-corrected chi connectivity index (χ0v) is 16.7. The highest BCUT2D eigenvalue weighted by Gasteiger charge is 2.43. The number of rotatable bonds is 5. The first-order valence-electron chi connectivity index (χ1n) is 9.41. The summed E-state index contributed by atoms with van der Waals surface area (Å²) in [4.78, 5) is 15.9. The molecular formula is C24H22N2O2S. The zero-order chi connectivity index (χ0) is 20.4. The molecule has 0 radical (unpaired) electrons. The quantitative estimate of drug-likeness (QED) is 0.623. The molecule has 2 atom stereocenters. The van der Waals surface area contributed by atoms with E-state index in [0.29, 0.717) is 6.54 Å². The molecule has 0 bridgehead atoms. The molecular weight excluding hydrogens is 380 g/mol. The minimum Gasteiger partial charge on any atom is -0.365 e. The monoisotopic (exact) mass is 402 g/mol. The van der Waals surface area contributed by atoms with Gasteiger partial charge in [-0.3, -0.25) is 4.79 Å². The van der Waals surface area contributed by atoms with Gasteiger partial charge in [0.25, 0.3) is 5.91 Å². The lowest BCUT2D eigenvalue weighted by Gasteiger charge is -2.28. The number of thiol groups is 1. The molecule has 1 saturated heterocycles. The Morgan fingerprint density at radius 1 is 1.00 bits per heavy atom. The number of aliphatic hydroxyl groups excluding tert-OH is 1. The van der Waals surface area contributed by atoms with Gasteiger partial charge in [0.2, 0.25) is 6.23 Å². The molecule has 1 aliphatic rings. The highest BCUT2D eigenvalue weighted by Crippen LogP contribution is 2.35. The van der Waals surface area contributed by atoms with Crippen molar-refractivity contribution in [2.24, 2.45) is 0 Å². The molecule has 1 fully saturated rings. The van der Waals surface area contributed by atoms with Crippen molar-refractivity contribution in [3.8, 4) is 11.1 Å². The molecule has 146 valence electrons. The van der Waals surface area contributed by atoms with Crippen LogP contribution in [0.2, 0.25) is 0 Å². The van der Waals surface area contributed by atoms with Crippen LogP contribution in [0, 0.1) is 0 Å². The third kappa shape index (κ3) is 3.67. The Morgan fingerprint density at radius 2 is 1.66 bits per heavy atom. The van der Waals surface area contributed by atoms with Gasteiger partial charge < -0.3 is 14.9 Å². The summed E-state index contributed by atoms with van der Waals surface area (Å²) in [6.07, 6.45) is 0.507. The molecule has 2 unspecified atom stereocenters. The van der Waals surface area contributed by atoms with Crippen molar-refractivity contribution in [3.63, 3.8) is 0 Å². The van der Waals surface area contributed by atoms with Crippen molar-refractivity contribution < 1.29 is 9.90 Å². The number of hydrogen-bond donors (Lipinski definition) is 2. The van der Waals surface area contributed by atoms with E-state index >= 15 is 0 Å². The first-order valence-corrected chi connectivity index (χ1v) is 9.92. The zero-order valence-electron chi connectivity index (χ0n) is 15.8. The number of benzene rings is 3. The van der Waals surface area contributed by atoms with Crippen molar-refractivity contribution in [3.05, 3.63) is 96.6 Å². The maximum atomic E-state index is 12.7. The highest BCUT2D eigenvalue weighted by molar-refractivity contribution is 7.81. The molecule has 1 N–H and O–H groups in total. The van der Waals surface area contributed by atoms with Crippen molar-refractivity contribution >= 4 is 30.3 Å². The minimum absolute atomic E-state index is 0.360. The van der Waals surface area contributed by atoms with Crippen LogP contribution in [0.15, 0.2) is 85.4 Å². The number of carbonyl (C=O) groups is 1. The second-order valence-corrected chi connectivity index (χ2v) is 7.38. The van der Waals surface area contributed by atoms with E-state index in [1.807, 2.05) is 78.9 Å². The van der Waals surface area contributed by atoms with E-state index < -0.39 is 11.7 Å². The molecule has 5 heteroatoms. The van der Waals surface area contributed by atoms with Crippen LogP contribution in [0.4, 0.5) is 5.69 Å². The van der Waals surface area contributed by atoms with Gasteiger partial charge in [-0.05, 0) is 34.4 Å². The summed E-state index contributed by atoms with van der Waals surface area (Å²) in [6, 6.07) is 25.5. The van der Waals surface area contributed by atoms with Gasteiger partial charge in [-0.2, -0.15) is 0 Å². The molecule has 0 aliphatic carbocycles. The Kier molecular flexibility index (Phi) is 5.43. The lowest BCUT2D eigenvalue weighted by atomic mass is 9.99. The summed E-state index contributed by atoms with van der Waals surface area (Å²) in [5.41, 5.74) is 4.19. The van der Waals surface area contributed by atoms with Crippen molar-refractivity contribution in [1.82, 2.24) is 4.90 Å². The third-order valence-electron chi connectivity index (χ3n) is 5.13. The molecule has 1 heterocycles. The number of nitrogens with zero attached hydrogens (tertiary/aromatic N) is 2. The van der Waals surface area contributed by atoms with Gasteiger partial charge in [-0.25, -0.2) is 0 Å². The van der Waals surface area contributed by atoms with E-state index in [9.17, 15) is 9.90 Å². The fraction of sp³-hybridized carbons (Fsp3) is 0.125. The largest absolute Gasteiger partial charge is 0.365 e. The van der Waals surface area contributed by atoms with Crippen LogP contribution in [0.1, 0.15) is 11.1 Å². The Bertz CT molecular complexity index is 1020. The predicted molar refractivity (Wildman–Crippen MR) is 120 cm³/mol. The standard InChI is InChI=1S/C24H22N2O2S/c1-2-18-15-20(13-14-21(18)19-11-7-4-8-12-19)26-23(28)22(27)25(24(26)29)16-17-9-5-3-6-10-17/h2-15,23-24,28-29H,1,16H2. The lowest BCUT2D eigenvalue weighted by Crippen LogP contribution is -2.36. The normalized spacial score (nSPS) is 18.9. The van der Waals surface area contributed by atoms with Crippen LogP contribution in [0.5, 0.6) is 0 Å². The van der Waals surface area contributed by atoms with Crippen molar-refractivity contribution in [1.29, 1.82) is 0 Å². The summed E-state index contributed by atoms with van der Waals surface area (Å²) in [7, 11) is 0. The van der Waals surface area contributed by atoms with E-state index in [-0.39, 0.29) is 5.91 Å². The highest BCUT2D eigenvalue weighted by atomic mass is 32.1. The average Bonchev–Trinajstić information content (AvgIpc) is 2.98. The fourth-order valence-electron chi connectivity index (χ4n) is 3.63. The predicted octanol–water partition coefficient (Wildman–Crippen LogP) is 4.38. The van der Waals surface area contributed by atoms with Gasteiger partial charge >= 0.3 is 0 Å². The second kappa shape index (κ2) is 8.15. The van der Waals surface area contributed by atoms with Crippen LogP contribution >= 0.6 is 12.6 Å². The van der Waals surface area contributed by atoms with Gasteiger partial charge in [0.1, 0.15) is 0 Å². The molecule has 0 saturated carbocycles. The van der Waals surface area contributed by atoms with E-state index in [1.165, 1.54) is 0 Å². The maximum Gasteiger partial charge on any atom is 0.275 e. The Hall–Kier alpha value is -3.02. The molecule has 0 spiro atoms. The van der Waals surface area contributed by atoms with Crippen LogP contribution in [0.3, 0.4) is 0 Å². The van der Waals surface area contributed by atoms with E-state index in [2.05, 4.69) is 19.2 Å². The van der Waals surface area contributed by atoms with E-state index in [4.69, 9.17) is 0 Å². The van der Waals surface area contributed by atoms with Gasteiger partial charge in [-0.15, -0.1) is 12.6 Å². The summed E-state index contributed by atoms with van der Waals surface area (Å²) >= 11 is 4.65. The molecule has 3 aromatic carbocycles. The topological polar surface area (TPSA) is 43.8 Å². The summed E-state index contributed by atoms with van der Waals surface area (Å²) < 4.78 is 0. The van der Waals surface area contributed by atoms with Crippen molar-refractivity contribution in [2.75, 3.05) is 4.90 Å². The second-order valence-electron chi connectivity index (χ2n) is 6.92. The third-order valence-corrected chi connectivity index (χ3v) is 5.66. The van der Waals surface area contributed by atoms with Crippen LogP contribution < -0.4 is 4.90 Å². The van der Waals surface area contributed by atoms with Crippen LogP contribution in [-0.2, 0) is 11.3 Å². The van der Waals surface area contributed by atoms with Crippen LogP contribution in [-0.4, -0.2) is 27.6 Å². The smallest absolute Gasteiger partial charge is 0.275 e. The van der Waals surface area contributed by atoms with Crippen molar-refractivity contribution in [2.45, 2.75) is 18.3 Å². The average molecular weight is 403 g/mol. The number of hydrogen-bond acceptors (Lipinski definition) is 4. The first-order chi connectivity index (χ1) is 14.1. The van der Waals surface area contributed by atoms with E-state index in [0.717, 1.165) is 27.9 Å². The molecule has 1 aliphatic heterocycles. The maximum absolute atomic E-state index is 12.7. The number of anilines is 1. The molecule has 4 rings (SSSR count). The minimum atomic E-state index is -1.28. The lowest BCUT2D eigenvalue weighted by molar-refractivity contribution is -0.135. The number of aliphatic hydroxyl groups is 1. The molecule has 3 aromatic rings. The summed E-state index contributed by atoms with van der Waals surface area (Å²) in [5, 5.41) is 10.6. The Balaban J connectivity index is 1.65. The summed E-state index contributed by atoms with van der Waals surface area (Å²) in [6.45, 7) is 4.32. The Morgan fingerprint density at radius 3 is 2.31 bits per heavy atom. The molecule has 0 aromatic heterocycles. The molecule has 4 nitrogen and oxygen atoms in total. The van der Waals surface area contributed by atoms with Gasteiger partial charge in [0, 0.05) is 12.2 Å². The van der Waals surface area contributed by atoms with Gasteiger partial charge in [0.15, 0.2) is 5.50 Å². The van der Waals surface area contributed by atoms with Crippen LogP contribution in [0.25, 0.3) is 17.2 Å². The number of carbonyl (C=O) groups excluding carboxylic acids is 1. The molecule has 29 heavy (non-hydrogen) atoms. The molecule has 1 amide bonds. The number of amides is 1. The fourth-order valence-corrected chi connectivity index (χ4v) is 4.09. The first kappa shape index (κ1) is 19.3.